The summed E-state index contributed by atoms with van der Waals surface area (Å²) < 4.78 is 17.1. The van der Waals surface area contributed by atoms with Gasteiger partial charge in [0, 0.05) is 43.2 Å². The van der Waals surface area contributed by atoms with Gasteiger partial charge in [0.05, 0.1) is 17.1 Å². The van der Waals surface area contributed by atoms with E-state index in [-0.39, 0.29) is 5.82 Å². The minimum absolute atomic E-state index is 0.253. The summed E-state index contributed by atoms with van der Waals surface area (Å²) in [5.74, 6) is -0.253. The molecule has 148 valence electrons. The van der Waals surface area contributed by atoms with Crippen LogP contribution in [0.15, 0.2) is 60.8 Å². The Morgan fingerprint density at radius 1 is 0.931 bits per heavy atom. The van der Waals surface area contributed by atoms with E-state index in [4.69, 9.17) is 5.10 Å². The molecule has 0 unspecified atom stereocenters. The van der Waals surface area contributed by atoms with Gasteiger partial charge < -0.3 is 5.32 Å². The Labute approximate surface area is 169 Å². The summed E-state index contributed by atoms with van der Waals surface area (Å²) in [6.07, 6.45) is 2.03. The molecular weight excluding hydrogens is 365 g/mol. The van der Waals surface area contributed by atoms with E-state index in [0.717, 1.165) is 33.9 Å². The zero-order valence-corrected chi connectivity index (χ0v) is 16.9. The normalized spacial score (nSPS) is 11.2. The van der Waals surface area contributed by atoms with E-state index in [1.165, 1.54) is 17.7 Å². The number of hydrogen-bond acceptors (Lipinski definition) is 3. The quantitative estimate of drug-likeness (QED) is 0.534. The summed E-state index contributed by atoms with van der Waals surface area (Å²) in [5, 5.41) is 12.7. The van der Waals surface area contributed by atoms with Crippen molar-refractivity contribution in [3.8, 4) is 16.9 Å². The number of hydrogen-bond donors (Lipinski definition) is 1. The summed E-state index contributed by atoms with van der Waals surface area (Å²) in [6, 6.07) is 16.8. The van der Waals surface area contributed by atoms with Crippen LogP contribution in [0.1, 0.15) is 22.5 Å². The average Bonchev–Trinajstić information content (AvgIpc) is 3.26. The van der Waals surface area contributed by atoms with Crippen LogP contribution in [0.5, 0.6) is 0 Å². The van der Waals surface area contributed by atoms with Crippen molar-refractivity contribution < 1.29 is 4.39 Å². The van der Waals surface area contributed by atoms with Crippen molar-refractivity contribution >= 4 is 0 Å². The number of aryl methyl sites for hydroxylation is 3. The van der Waals surface area contributed by atoms with Crippen molar-refractivity contribution in [2.45, 2.75) is 26.9 Å². The molecule has 0 radical (unpaired) electrons. The lowest BCUT2D eigenvalue weighted by atomic mass is 10.1. The predicted molar refractivity (Wildman–Crippen MR) is 112 cm³/mol. The molecule has 2 aromatic carbocycles. The molecule has 0 aliphatic heterocycles. The molecule has 0 saturated heterocycles. The topological polar surface area (TPSA) is 47.7 Å². The molecule has 2 heterocycles. The summed E-state index contributed by atoms with van der Waals surface area (Å²) in [4.78, 5) is 0. The highest BCUT2D eigenvalue weighted by Crippen LogP contribution is 2.24. The van der Waals surface area contributed by atoms with Crippen LogP contribution in [-0.2, 0) is 20.1 Å². The van der Waals surface area contributed by atoms with E-state index < -0.39 is 0 Å². The Morgan fingerprint density at radius 3 is 2.31 bits per heavy atom. The Hall–Kier alpha value is -3.25. The first-order valence-electron chi connectivity index (χ1n) is 9.61. The van der Waals surface area contributed by atoms with Crippen molar-refractivity contribution in [3.63, 3.8) is 0 Å². The van der Waals surface area contributed by atoms with Gasteiger partial charge in [0.1, 0.15) is 5.82 Å². The van der Waals surface area contributed by atoms with E-state index in [0.29, 0.717) is 13.1 Å². The second-order valence-electron chi connectivity index (χ2n) is 7.29. The second kappa shape index (κ2) is 8.01. The molecule has 0 aliphatic rings. The van der Waals surface area contributed by atoms with Gasteiger partial charge in [-0.3, -0.25) is 4.68 Å². The third kappa shape index (κ3) is 4.27. The number of aromatic nitrogens is 4. The Morgan fingerprint density at radius 2 is 1.66 bits per heavy atom. The molecule has 0 saturated carbocycles. The van der Waals surface area contributed by atoms with Crippen molar-refractivity contribution in [1.82, 2.24) is 24.9 Å². The highest BCUT2D eigenvalue weighted by Gasteiger charge is 2.13. The first kappa shape index (κ1) is 19.1. The van der Waals surface area contributed by atoms with Crippen LogP contribution in [0.4, 0.5) is 4.39 Å². The molecule has 0 bridgehead atoms. The zero-order chi connectivity index (χ0) is 20.4. The summed E-state index contributed by atoms with van der Waals surface area (Å²) in [6.45, 7) is 5.40. The largest absolute Gasteiger partial charge is 0.307 e. The third-order valence-corrected chi connectivity index (χ3v) is 4.99. The van der Waals surface area contributed by atoms with Gasteiger partial charge in [-0.1, -0.05) is 17.7 Å². The fourth-order valence-corrected chi connectivity index (χ4v) is 3.27. The molecule has 0 spiro atoms. The number of halogens is 1. The molecule has 4 rings (SSSR count). The lowest BCUT2D eigenvalue weighted by Crippen LogP contribution is -2.13. The van der Waals surface area contributed by atoms with Crippen LogP contribution in [-0.4, -0.2) is 19.6 Å². The van der Waals surface area contributed by atoms with Gasteiger partial charge in [0.15, 0.2) is 0 Å². The molecule has 29 heavy (non-hydrogen) atoms. The molecular formula is C23H24FN5. The van der Waals surface area contributed by atoms with E-state index in [2.05, 4.69) is 35.5 Å². The summed E-state index contributed by atoms with van der Waals surface area (Å²) >= 11 is 0. The van der Waals surface area contributed by atoms with E-state index in [1.54, 1.807) is 12.1 Å². The van der Waals surface area contributed by atoms with Gasteiger partial charge in [-0.15, -0.1) is 0 Å². The van der Waals surface area contributed by atoms with E-state index in [1.807, 2.05) is 41.7 Å². The standard InChI is InChI=1S/C23H24FN5/c1-16-4-10-22(11-5-16)29-15-19(13-25-14-21-12-17(2)28(3)26-21)23(27-29)18-6-8-20(24)9-7-18/h4-12,15,25H,13-14H2,1-3H3. The zero-order valence-electron chi connectivity index (χ0n) is 16.9. The van der Waals surface area contributed by atoms with Crippen molar-refractivity contribution in [3.05, 3.63) is 89.1 Å². The van der Waals surface area contributed by atoms with E-state index >= 15 is 0 Å². The fraction of sp³-hybridized carbons (Fsp3) is 0.217. The number of benzene rings is 2. The molecule has 0 fully saturated rings. The van der Waals surface area contributed by atoms with Gasteiger partial charge in [0.25, 0.3) is 0 Å². The van der Waals surface area contributed by atoms with Crippen LogP contribution in [0.25, 0.3) is 16.9 Å². The molecule has 5 nitrogen and oxygen atoms in total. The predicted octanol–water partition coefficient (Wildman–Crippen LogP) is 4.32. The molecule has 0 amide bonds. The van der Waals surface area contributed by atoms with Gasteiger partial charge in [-0.05, 0) is 56.3 Å². The average molecular weight is 389 g/mol. The minimum Gasteiger partial charge on any atom is -0.307 e. The van der Waals surface area contributed by atoms with Gasteiger partial charge >= 0.3 is 0 Å². The van der Waals surface area contributed by atoms with Crippen LogP contribution < -0.4 is 5.32 Å². The summed E-state index contributed by atoms with van der Waals surface area (Å²) in [5.41, 5.74) is 7.10. The van der Waals surface area contributed by atoms with Gasteiger partial charge in [-0.2, -0.15) is 10.2 Å². The molecule has 0 aliphatic carbocycles. The first-order chi connectivity index (χ1) is 14.0. The highest BCUT2D eigenvalue weighted by molar-refractivity contribution is 5.63. The van der Waals surface area contributed by atoms with Crippen LogP contribution in [0, 0.1) is 19.7 Å². The van der Waals surface area contributed by atoms with Crippen molar-refractivity contribution in [1.29, 1.82) is 0 Å². The maximum atomic E-state index is 13.4. The number of rotatable bonds is 6. The lowest BCUT2D eigenvalue weighted by molar-refractivity contribution is 0.628. The molecule has 4 aromatic rings. The molecule has 0 atom stereocenters. The molecule has 2 aromatic heterocycles. The van der Waals surface area contributed by atoms with Crippen molar-refractivity contribution in [2.24, 2.45) is 7.05 Å². The summed E-state index contributed by atoms with van der Waals surface area (Å²) in [7, 11) is 1.94. The third-order valence-electron chi connectivity index (χ3n) is 4.99. The van der Waals surface area contributed by atoms with Crippen LogP contribution in [0.3, 0.4) is 0 Å². The first-order valence-corrected chi connectivity index (χ1v) is 9.61. The Kier molecular flexibility index (Phi) is 5.27. The van der Waals surface area contributed by atoms with E-state index in [9.17, 15) is 4.39 Å². The van der Waals surface area contributed by atoms with Gasteiger partial charge in [-0.25, -0.2) is 9.07 Å². The second-order valence-corrected chi connectivity index (χ2v) is 7.29. The Bertz CT molecular complexity index is 1090. The van der Waals surface area contributed by atoms with Crippen molar-refractivity contribution in [2.75, 3.05) is 0 Å². The Balaban J connectivity index is 1.61. The fourth-order valence-electron chi connectivity index (χ4n) is 3.27. The van der Waals surface area contributed by atoms with Crippen LogP contribution >= 0.6 is 0 Å². The monoisotopic (exact) mass is 389 g/mol. The van der Waals surface area contributed by atoms with Gasteiger partial charge in [0.2, 0.25) is 0 Å². The highest BCUT2D eigenvalue weighted by atomic mass is 19.1. The maximum Gasteiger partial charge on any atom is 0.123 e. The molecule has 6 heteroatoms. The molecule has 1 N–H and O–H groups in total. The number of nitrogens with zero attached hydrogens (tertiary/aromatic N) is 4. The maximum absolute atomic E-state index is 13.4. The number of nitrogens with one attached hydrogen (secondary N) is 1. The SMILES string of the molecule is Cc1ccc(-n2cc(CNCc3cc(C)n(C)n3)c(-c3ccc(F)cc3)n2)cc1. The lowest BCUT2D eigenvalue weighted by Gasteiger charge is -2.04. The smallest absolute Gasteiger partial charge is 0.123 e. The minimum atomic E-state index is -0.253. The van der Waals surface area contributed by atoms with Crippen LogP contribution in [0.2, 0.25) is 0 Å².